The van der Waals surface area contributed by atoms with Crippen molar-refractivity contribution in [3.63, 3.8) is 0 Å². The molecule has 1 saturated heterocycles. The van der Waals surface area contributed by atoms with Crippen molar-refractivity contribution in [1.29, 1.82) is 0 Å². The quantitative estimate of drug-likeness (QED) is 0.845. The fourth-order valence-corrected chi connectivity index (χ4v) is 2.87. The van der Waals surface area contributed by atoms with Gasteiger partial charge < -0.3 is 19.9 Å². The number of ether oxygens (including phenoxy) is 2. The van der Waals surface area contributed by atoms with E-state index in [1.165, 1.54) is 0 Å². The van der Waals surface area contributed by atoms with Crippen LogP contribution >= 0.6 is 15.9 Å². The maximum absolute atomic E-state index is 10.5. The average molecular weight is 345 g/mol. The van der Waals surface area contributed by atoms with E-state index in [9.17, 15) is 5.11 Å². The first-order valence-electron chi connectivity index (χ1n) is 6.68. The number of β-amino-alcohol motifs (C(OH)–C–C–N with tert-alkyl or cyclic N) is 1. The summed E-state index contributed by atoms with van der Waals surface area (Å²) in [5.74, 6) is 1.36. The first-order valence-corrected chi connectivity index (χ1v) is 7.47. The second-order valence-electron chi connectivity index (χ2n) is 4.80. The predicted octanol–water partition coefficient (Wildman–Crippen LogP) is 1.40. The van der Waals surface area contributed by atoms with Crippen molar-refractivity contribution in [2.75, 3.05) is 46.9 Å². The third-order valence-electron chi connectivity index (χ3n) is 3.50. The van der Waals surface area contributed by atoms with E-state index in [-0.39, 0.29) is 0 Å². The standard InChI is InChI=1S/C14H21BrN2O3/c1-19-13-8-11(15)14(20-2)7-10(13)12(18)9-17-5-3-16-4-6-17/h7-8,12,16,18H,3-6,9H2,1-2H3. The van der Waals surface area contributed by atoms with Gasteiger partial charge in [0.25, 0.3) is 0 Å². The normalized spacial score (nSPS) is 17.8. The number of hydrogen-bond acceptors (Lipinski definition) is 5. The minimum atomic E-state index is -0.593. The van der Waals surface area contributed by atoms with Crippen LogP contribution in [0.5, 0.6) is 11.5 Å². The number of nitrogens with one attached hydrogen (secondary N) is 1. The fourth-order valence-electron chi connectivity index (χ4n) is 2.38. The molecule has 1 aliphatic heterocycles. The van der Waals surface area contributed by atoms with Gasteiger partial charge in [-0.1, -0.05) is 0 Å². The van der Waals surface area contributed by atoms with E-state index in [1.807, 2.05) is 12.1 Å². The van der Waals surface area contributed by atoms with E-state index in [2.05, 4.69) is 26.1 Å². The van der Waals surface area contributed by atoms with E-state index >= 15 is 0 Å². The summed E-state index contributed by atoms with van der Waals surface area (Å²) in [6, 6.07) is 3.66. The fraction of sp³-hybridized carbons (Fsp3) is 0.571. The first kappa shape index (κ1) is 15.6. The van der Waals surface area contributed by atoms with Gasteiger partial charge in [0.1, 0.15) is 11.5 Å². The molecule has 1 aromatic rings. The third kappa shape index (κ3) is 3.63. The zero-order valence-electron chi connectivity index (χ0n) is 11.9. The van der Waals surface area contributed by atoms with Crippen molar-refractivity contribution in [2.45, 2.75) is 6.10 Å². The molecule has 1 fully saturated rings. The number of rotatable bonds is 5. The van der Waals surface area contributed by atoms with Crippen molar-refractivity contribution in [3.8, 4) is 11.5 Å². The highest BCUT2D eigenvalue weighted by Crippen LogP contribution is 2.36. The third-order valence-corrected chi connectivity index (χ3v) is 4.12. The average Bonchev–Trinajstić information content (AvgIpc) is 2.47. The highest BCUT2D eigenvalue weighted by atomic mass is 79.9. The van der Waals surface area contributed by atoms with Crippen LogP contribution < -0.4 is 14.8 Å². The summed E-state index contributed by atoms with van der Waals surface area (Å²) in [5, 5.41) is 13.8. The summed E-state index contributed by atoms with van der Waals surface area (Å²) in [6.45, 7) is 4.43. The number of aliphatic hydroxyl groups excluding tert-OH is 1. The van der Waals surface area contributed by atoms with Crippen LogP contribution in [-0.2, 0) is 0 Å². The monoisotopic (exact) mass is 344 g/mol. The highest BCUT2D eigenvalue weighted by Gasteiger charge is 2.20. The Morgan fingerprint density at radius 2 is 1.90 bits per heavy atom. The van der Waals surface area contributed by atoms with Gasteiger partial charge in [0, 0.05) is 38.3 Å². The molecular weight excluding hydrogens is 324 g/mol. The van der Waals surface area contributed by atoms with Crippen LogP contribution in [0.4, 0.5) is 0 Å². The molecule has 0 radical (unpaired) electrons. The van der Waals surface area contributed by atoms with Gasteiger partial charge in [-0.05, 0) is 28.1 Å². The summed E-state index contributed by atoms with van der Waals surface area (Å²) in [5.41, 5.74) is 0.756. The molecule has 112 valence electrons. The molecule has 0 aliphatic carbocycles. The molecular formula is C14H21BrN2O3. The van der Waals surface area contributed by atoms with Crippen LogP contribution in [0.25, 0.3) is 0 Å². The van der Waals surface area contributed by atoms with E-state index in [0.29, 0.717) is 18.0 Å². The second kappa shape index (κ2) is 7.26. The van der Waals surface area contributed by atoms with E-state index < -0.39 is 6.10 Å². The minimum absolute atomic E-state index is 0.593. The number of aliphatic hydroxyl groups is 1. The molecule has 0 spiro atoms. The Hall–Kier alpha value is -0.820. The summed E-state index contributed by atoms with van der Waals surface area (Å²) >= 11 is 3.42. The van der Waals surface area contributed by atoms with E-state index in [1.54, 1.807) is 14.2 Å². The Kier molecular flexibility index (Phi) is 5.65. The Morgan fingerprint density at radius 1 is 1.25 bits per heavy atom. The van der Waals surface area contributed by atoms with Gasteiger partial charge in [0.15, 0.2) is 0 Å². The molecule has 0 amide bonds. The number of halogens is 1. The second-order valence-corrected chi connectivity index (χ2v) is 5.65. The molecule has 0 bridgehead atoms. The van der Waals surface area contributed by atoms with Gasteiger partial charge in [0.2, 0.25) is 0 Å². The Bertz CT molecular complexity index is 450. The summed E-state index contributed by atoms with van der Waals surface area (Å²) < 4.78 is 11.5. The molecule has 0 aromatic heterocycles. The summed E-state index contributed by atoms with van der Waals surface area (Å²) in [4.78, 5) is 2.25. The Balaban J connectivity index is 2.16. The molecule has 5 nitrogen and oxygen atoms in total. The van der Waals surface area contributed by atoms with Crippen LogP contribution in [0.1, 0.15) is 11.7 Å². The lowest BCUT2D eigenvalue weighted by Gasteiger charge is -2.29. The lowest BCUT2D eigenvalue weighted by molar-refractivity contribution is 0.103. The largest absolute Gasteiger partial charge is 0.496 e. The van der Waals surface area contributed by atoms with Crippen molar-refractivity contribution < 1.29 is 14.6 Å². The molecule has 1 atom stereocenters. The van der Waals surface area contributed by atoms with E-state index in [4.69, 9.17) is 9.47 Å². The zero-order chi connectivity index (χ0) is 14.5. The number of hydrogen-bond donors (Lipinski definition) is 2. The van der Waals surface area contributed by atoms with Crippen molar-refractivity contribution in [3.05, 3.63) is 22.2 Å². The molecule has 1 heterocycles. The summed E-state index contributed by atoms with van der Waals surface area (Å²) in [7, 11) is 3.22. The summed E-state index contributed by atoms with van der Waals surface area (Å²) in [6.07, 6.45) is -0.593. The molecule has 0 saturated carbocycles. The minimum Gasteiger partial charge on any atom is -0.496 e. The smallest absolute Gasteiger partial charge is 0.133 e. The lowest BCUT2D eigenvalue weighted by atomic mass is 10.1. The van der Waals surface area contributed by atoms with Gasteiger partial charge >= 0.3 is 0 Å². The number of methoxy groups -OCH3 is 2. The maximum Gasteiger partial charge on any atom is 0.133 e. The van der Waals surface area contributed by atoms with Gasteiger partial charge in [-0.15, -0.1) is 0 Å². The van der Waals surface area contributed by atoms with Crippen LogP contribution in [-0.4, -0.2) is 56.9 Å². The SMILES string of the molecule is COc1cc(C(O)CN2CCNCC2)c(OC)cc1Br. The molecule has 1 unspecified atom stereocenters. The molecule has 1 aromatic carbocycles. The van der Waals surface area contributed by atoms with Crippen molar-refractivity contribution >= 4 is 15.9 Å². The molecule has 1 aliphatic rings. The van der Waals surface area contributed by atoms with Crippen molar-refractivity contribution in [1.82, 2.24) is 10.2 Å². The van der Waals surface area contributed by atoms with E-state index in [0.717, 1.165) is 36.2 Å². The predicted molar refractivity (Wildman–Crippen MR) is 81.5 cm³/mol. The van der Waals surface area contributed by atoms with Crippen molar-refractivity contribution in [2.24, 2.45) is 0 Å². The number of benzene rings is 1. The van der Waals surface area contributed by atoms with Crippen LogP contribution in [0.2, 0.25) is 0 Å². The molecule has 2 N–H and O–H groups in total. The van der Waals surface area contributed by atoms with Crippen LogP contribution in [0.3, 0.4) is 0 Å². The topological polar surface area (TPSA) is 54.0 Å². The first-order chi connectivity index (χ1) is 9.65. The van der Waals surface area contributed by atoms with Gasteiger partial charge in [-0.3, -0.25) is 4.90 Å². The Labute approximate surface area is 128 Å². The lowest BCUT2D eigenvalue weighted by Crippen LogP contribution is -2.45. The maximum atomic E-state index is 10.5. The van der Waals surface area contributed by atoms with Gasteiger partial charge in [-0.2, -0.15) is 0 Å². The Morgan fingerprint density at radius 3 is 2.50 bits per heavy atom. The highest BCUT2D eigenvalue weighted by molar-refractivity contribution is 9.10. The molecule has 20 heavy (non-hydrogen) atoms. The molecule has 6 heteroatoms. The van der Waals surface area contributed by atoms with Crippen LogP contribution in [0, 0.1) is 0 Å². The number of piperazine rings is 1. The zero-order valence-corrected chi connectivity index (χ0v) is 13.4. The molecule has 2 rings (SSSR count). The number of nitrogens with zero attached hydrogens (tertiary/aromatic N) is 1. The van der Waals surface area contributed by atoms with Gasteiger partial charge in [0.05, 0.1) is 24.8 Å². The van der Waals surface area contributed by atoms with Crippen LogP contribution in [0.15, 0.2) is 16.6 Å². The van der Waals surface area contributed by atoms with Gasteiger partial charge in [-0.25, -0.2) is 0 Å².